The molecule has 2 radical (unpaired) electrons. The summed E-state index contributed by atoms with van der Waals surface area (Å²) in [6.07, 6.45) is 5.55. The van der Waals surface area contributed by atoms with Gasteiger partial charge in [0, 0.05) is 45.5 Å². The second-order valence-corrected chi connectivity index (χ2v) is 2.99. The largest absolute Gasteiger partial charge is 0.296 e. The van der Waals surface area contributed by atoms with Crippen molar-refractivity contribution >= 4 is 57.3 Å². The summed E-state index contributed by atoms with van der Waals surface area (Å²) in [5.74, 6) is -0.468. The molecule has 2 rings (SSSR count). The van der Waals surface area contributed by atoms with Crippen molar-refractivity contribution < 1.29 is 9.59 Å². The van der Waals surface area contributed by atoms with Gasteiger partial charge >= 0.3 is 0 Å². The minimum atomic E-state index is -0.170. The van der Waals surface area contributed by atoms with Crippen LogP contribution in [0.2, 0.25) is 0 Å². The van der Waals surface area contributed by atoms with Crippen LogP contribution in [-0.2, 0) is 9.59 Å². The summed E-state index contributed by atoms with van der Waals surface area (Å²) in [5.41, 5.74) is 0. The molecule has 2 atom stereocenters. The van der Waals surface area contributed by atoms with Crippen molar-refractivity contribution in [3.63, 3.8) is 0 Å². The Kier molecular flexibility index (Phi) is 3.52. The van der Waals surface area contributed by atoms with E-state index in [9.17, 15) is 9.59 Å². The number of carbonyl (C=O) groups is 2. The van der Waals surface area contributed by atoms with Crippen LogP contribution in [0.25, 0.3) is 0 Å². The predicted molar refractivity (Wildman–Crippen MR) is 44.3 cm³/mol. The van der Waals surface area contributed by atoms with Crippen molar-refractivity contribution in [1.82, 2.24) is 5.32 Å². The van der Waals surface area contributed by atoms with E-state index in [4.69, 9.17) is 0 Å². The van der Waals surface area contributed by atoms with Crippen molar-refractivity contribution in [3.8, 4) is 0 Å². The molecule has 1 aliphatic heterocycles. The fourth-order valence-corrected chi connectivity index (χ4v) is 1.69. The third-order valence-corrected chi connectivity index (χ3v) is 2.31. The molecule has 1 saturated heterocycles. The van der Waals surface area contributed by atoms with E-state index in [1.807, 2.05) is 12.2 Å². The summed E-state index contributed by atoms with van der Waals surface area (Å²) in [6, 6.07) is 0. The minimum absolute atomic E-state index is 0. The van der Waals surface area contributed by atoms with Crippen LogP contribution in [0.5, 0.6) is 0 Å². The number of fused-ring (bicyclic) bond motifs is 1. The van der Waals surface area contributed by atoms with Crippen LogP contribution in [0.15, 0.2) is 12.2 Å². The van der Waals surface area contributed by atoms with Crippen LogP contribution in [-0.4, -0.2) is 57.3 Å². The van der Waals surface area contributed by atoms with E-state index in [0.29, 0.717) is 0 Å². The second kappa shape index (κ2) is 4.05. The average molecular weight is 239 g/mol. The van der Waals surface area contributed by atoms with Crippen molar-refractivity contribution in [2.75, 3.05) is 0 Å². The summed E-state index contributed by atoms with van der Waals surface area (Å²) >= 11 is 0. The molecule has 2 aliphatic rings. The average Bonchev–Trinajstić information content (AvgIpc) is 2.30. The molecule has 0 aromatic carbocycles. The SMILES string of the molecule is O=C1NC(=O)C2CCC=CC12.[Sr]. The van der Waals surface area contributed by atoms with Gasteiger partial charge in [-0.1, -0.05) is 12.2 Å². The number of hydrogen-bond donors (Lipinski definition) is 1. The number of imide groups is 1. The quantitative estimate of drug-likeness (QED) is 0.362. The minimum Gasteiger partial charge on any atom is -0.296 e. The fraction of sp³-hybridized carbons (Fsp3) is 0.500. The Balaban J connectivity index is 0.000000720. The van der Waals surface area contributed by atoms with Gasteiger partial charge in [0.15, 0.2) is 0 Å². The molecule has 3 nitrogen and oxygen atoms in total. The molecule has 0 saturated carbocycles. The number of carbonyl (C=O) groups excluding carboxylic acids is 2. The van der Waals surface area contributed by atoms with E-state index < -0.39 is 0 Å². The van der Waals surface area contributed by atoms with Crippen molar-refractivity contribution in [2.45, 2.75) is 12.8 Å². The Morgan fingerprint density at radius 1 is 1.33 bits per heavy atom. The summed E-state index contributed by atoms with van der Waals surface area (Å²) in [6.45, 7) is 0. The molecule has 4 heteroatoms. The maximum Gasteiger partial charge on any atom is 0.234 e. The first-order chi connectivity index (χ1) is 5.29. The van der Waals surface area contributed by atoms with E-state index in [2.05, 4.69) is 5.32 Å². The Morgan fingerprint density at radius 2 is 2.08 bits per heavy atom. The van der Waals surface area contributed by atoms with Gasteiger partial charge in [-0.25, -0.2) is 0 Å². The van der Waals surface area contributed by atoms with Gasteiger partial charge in [0.1, 0.15) is 0 Å². The number of rotatable bonds is 0. The van der Waals surface area contributed by atoms with Crippen LogP contribution in [0.1, 0.15) is 12.8 Å². The summed E-state index contributed by atoms with van der Waals surface area (Å²) < 4.78 is 0. The van der Waals surface area contributed by atoms with Crippen LogP contribution in [0.4, 0.5) is 0 Å². The maximum atomic E-state index is 11.1. The fourth-order valence-electron chi connectivity index (χ4n) is 1.69. The third kappa shape index (κ3) is 1.66. The molecule has 1 aliphatic carbocycles. The first kappa shape index (κ1) is 10.4. The van der Waals surface area contributed by atoms with Crippen LogP contribution >= 0.6 is 0 Å². The first-order valence-electron chi connectivity index (χ1n) is 3.80. The van der Waals surface area contributed by atoms with E-state index in [0.717, 1.165) is 12.8 Å². The van der Waals surface area contributed by atoms with Gasteiger partial charge in [0.05, 0.1) is 11.8 Å². The van der Waals surface area contributed by atoms with E-state index in [-0.39, 0.29) is 69.1 Å². The Hall–Kier alpha value is 0.361. The third-order valence-electron chi connectivity index (χ3n) is 2.31. The van der Waals surface area contributed by atoms with Crippen LogP contribution < -0.4 is 5.32 Å². The van der Waals surface area contributed by atoms with E-state index in [1.165, 1.54) is 0 Å². The van der Waals surface area contributed by atoms with Crippen molar-refractivity contribution in [2.24, 2.45) is 11.8 Å². The van der Waals surface area contributed by atoms with Crippen molar-refractivity contribution in [3.05, 3.63) is 12.2 Å². The Labute approximate surface area is 108 Å². The Morgan fingerprint density at radius 3 is 2.75 bits per heavy atom. The molecular weight excluding hydrogens is 230 g/mol. The van der Waals surface area contributed by atoms with E-state index >= 15 is 0 Å². The van der Waals surface area contributed by atoms with Gasteiger partial charge in [0.25, 0.3) is 0 Å². The summed E-state index contributed by atoms with van der Waals surface area (Å²) in [7, 11) is 0. The van der Waals surface area contributed by atoms with Crippen LogP contribution in [0, 0.1) is 11.8 Å². The molecule has 0 bridgehead atoms. The molecular formula is C8H9NO2Sr. The predicted octanol–water partition coefficient (Wildman–Crippen LogP) is -0.156. The topological polar surface area (TPSA) is 46.2 Å². The molecule has 0 aromatic rings. The summed E-state index contributed by atoms with van der Waals surface area (Å²) in [4.78, 5) is 22.1. The first-order valence-corrected chi connectivity index (χ1v) is 3.80. The van der Waals surface area contributed by atoms with Crippen LogP contribution in [0.3, 0.4) is 0 Å². The molecule has 60 valence electrons. The van der Waals surface area contributed by atoms with Gasteiger partial charge in [-0.05, 0) is 12.8 Å². The zero-order valence-corrected chi connectivity index (χ0v) is 10.2. The van der Waals surface area contributed by atoms with Gasteiger partial charge in [-0.3, -0.25) is 14.9 Å². The smallest absolute Gasteiger partial charge is 0.234 e. The van der Waals surface area contributed by atoms with Gasteiger partial charge in [-0.15, -0.1) is 0 Å². The molecule has 12 heavy (non-hydrogen) atoms. The molecule has 2 amide bonds. The summed E-state index contributed by atoms with van der Waals surface area (Å²) in [5, 5.41) is 2.33. The molecule has 1 N–H and O–H groups in total. The molecule has 0 aromatic heterocycles. The standard InChI is InChI=1S/C8H9NO2.Sr/c10-7-5-3-1-2-4-6(5)8(11)9-7;/h1,3,5-6H,2,4H2,(H,9,10,11);. The molecule has 0 spiro atoms. The zero-order valence-electron chi connectivity index (χ0n) is 6.75. The van der Waals surface area contributed by atoms with Gasteiger partial charge < -0.3 is 0 Å². The second-order valence-electron chi connectivity index (χ2n) is 2.99. The number of nitrogens with one attached hydrogen (secondary N) is 1. The zero-order chi connectivity index (χ0) is 7.84. The van der Waals surface area contributed by atoms with Gasteiger partial charge in [-0.2, -0.15) is 0 Å². The number of hydrogen-bond acceptors (Lipinski definition) is 2. The number of amides is 2. The monoisotopic (exact) mass is 239 g/mol. The van der Waals surface area contributed by atoms with Crippen molar-refractivity contribution in [1.29, 1.82) is 0 Å². The maximum absolute atomic E-state index is 11.1. The number of allylic oxidation sites excluding steroid dienone is 1. The molecule has 1 fully saturated rings. The van der Waals surface area contributed by atoms with E-state index in [1.54, 1.807) is 0 Å². The normalized spacial score (nSPS) is 32.3. The molecule has 2 unspecified atom stereocenters. The molecule has 1 heterocycles. The Bertz CT molecular complexity index is 249. The van der Waals surface area contributed by atoms with Gasteiger partial charge in [0.2, 0.25) is 11.8 Å².